The van der Waals surface area contributed by atoms with Crippen LogP contribution in [0.15, 0.2) is 24.3 Å². The van der Waals surface area contributed by atoms with Gasteiger partial charge in [-0.2, -0.15) is 0 Å². The van der Waals surface area contributed by atoms with Gasteiger partial charge >= 0.3 is 12.0 Å². The number of nitrogens with two attached hydrogens (primary N) is 1. The van der Waals surface area contributed by atoms with Crippen LogP contribution in [0.1, 0.15) is 13.8 Å². The normalized spacial score (nSPS) is 11.8. The number of methoxy groups -OCH3 is 1. The smallest absolute Gasteiger partial charge is 0.328 e. The van der Waals surface area contributed by atoms with E-state index >= 15 is 0 Å². The Labute approximate surface area is 112 Å². The Hall–Kier alpha value is -2.24. The molecule has 1 aromatic rings. The molecule has 1 atom stereocenters. The van der Waals surface area contributed by atoms with Crippen LogP contribution in [-0.2, 0) is 9.53 Å². The molecular weight excluding hydrogens is 246 g/mol. The number of esters is 1. The molecule has 0 saturated carbocycles. The van der Waals surface area contributed by atoms with Crippen LogP contribution in [0.2, 0.25) is 0 Å². The summed E-state index contributed by atoms with van der Waals surface area (Å²) in [5.74, 6) is -0.545. The zero-order chi connectivity index (χ0) is 14.4. The molecule has 6 heteroatoms. The van der Waals surface area contributed by atoms with Crippen LogP contribution in [-0.4, -0.2) is 25.2 Å². The van der Waals surface area contributed by atoms with Gasteiger partial charge in [-0.3, -0.25) is 0 Å². The number of hydrogen-bond acceptors (Lipinski definition) is 4. The summed E-state index contributed by atoms with van der Waals surface area (Å²) in [6.45, 7) is 3.64. The molecule has 0 radical (unpaired) electrons. The monoisotopic (exact) mass is 265 g/mol. The molecule has 1 aromatic carbocycles. The molecule has 104 valence electrons. The second kappa shape index (κ2) is 6.63. The number of benzene rings is 1. The van der Waals surface area contributed by atoms with Crippen LogP contribution >= 0.6 is 0 Å². The summed E-state index contributed by atoms with van der Waals surface area (Å²) < 4.78 is 4.64. The molecule has 0 aromatic heterocycles. The average Bonchev–Trinajstić information content (AvgIpc) is 2.34. The van der Waals surface area contributed by atoms with E-state index in [9.17, 15) is 9.59 Å². The first-order valence-corrected chi connectivity index (χ1v) is 5.95. The Morgan fingerprint density at radius 2 is 2.00 bits per heavy atom. The molecule has 1 rings (SSSR count). The summed E-state index contributed by atoms with van der Waals surface area (Å²) in [5, 5.41) is 5.18. The van der Waals surface area contributed by atoms with Crippen molar-refractivity contribution in [2.45, 2.75) is 19.9 Å². The summed E-state index contributed by atoms with van der Waals surface area (Å²) in [4.78, 5) is 23.3. The highest BCUT2D eigenvalue weighted by molar-refractivity contribution is 5.92. The second-order valence-corrected chi connectivity index (χ2v) is 4.47. The lowest BCUT2D eigenvalue weighted by molar-refractivity contribution is -0.143. The first-order chi connectivity index (χ1) is 8.93. The SMILES string of the molecule is COC(=O)C(NC(=O)Nc1cccc(N)c1)C(C)C. The van der Waals surface area contributed by atoms with Gasteiger partial charge in [-0.15, -0.1) is 0 Å². The summed E-state index contributed by atoms with van der Waals surface area (Å²) in [6.07, 6.45) is 0. The maximum absolute atomic E-state index is 11.8. The van der Waals surface area contributed by atoms with Gasteiger partial charge in [0.05, 0.1) is 7.11 Å². The number of nitrogens with one attached hydrogen (secondary N) is 2. The molecule has 0 saturated heterocycles. The number of nitrogen functional groups attached to an aromatic ring is 1. The number of rotatable bonds is 4. The molecule has 6 nitrogen and oxygen atoms in total. The topological polar surface area (TPSA) is 93.4 Å². The number of urea groups is 1. The van der Waals surface area contributed by atoms with Gasteiger partial charge < -0.3 is 21.1 Å². The molecule has 0 aliphatic rings. The highest BCUT2D eigenvalue weighted by atomic mass is 16.5. The first-order valence-electron chi connectivity index (χ1n) is 5.95. The van der Waals surface area contributed by atoms with Gasteiger partial charge in [-0.1, -0.05) is 19.9 Å². The second-order valence-electron chi connectivity index (χ2n) is 4.47. The van der Waals surface area contributed by atoms with E-state index in [0.717, 1.165) is 0 Å². The van der Waals surface area contributed by atoms with Crippen molar-refractivity contribution in [1.29, 1.82) is 0 Å². The molecule has 1 unspecified atom stereocenters. The van der Waals surface area contributed by atoms with E-state index in [1.54, 1.807) is 24.3 Å². The summed E-state index contributed by atoms with van der Waals surface area (Å²) in [5.41, 5.74) is 6.72. The van der Waals surface area contributed by atoms with Gasteiger partial charge in [0.2, 0.25) is 0 Å². The van der Waals surface area contributed by atoms with E-state index in [-0.39, 0.29) is 5.92 Å². The zero-order valence-corrected chi connectivity index (χ0v) is 11.3. The minimum absolute atomic E-state index is 0.0703. The predicted octanol–water partition coefficient (Wildman–Crippen LogP) is 1.59. The summed E-state index contributed by atoms with van der Waals surface area (Å²) >= 11 is 0. The molecule has 0 bridgehead atoms. The molecule has 0 fully saturated rings. The lowest BCUT2D eigenvalue weighted by Crippen LogP contribution is -2.46. The fourth-order valence-corrected chi connectivity index (χ4v) is 1.55. The Kier molecular flexibility index (Phi) is 5.17. The maximum atomic E-state index is 11.8. The van der Waals surface area contributed by atoms with E-state index in [1.165, 1.54) is 7.11 Å². The Balaban J connectivity index is 2.65. The molecular formula is C13H19N3O3. The standard InChI is InChI=1S/C13H19N3O3/c1-8(2)11(12(17)19-3)16-13(18)15-10-6-4-5-9(14)7-10/h4-8,11H,14H2,1-3H3,(H2,15,16,18). The number of carbonyl (C=O) groups excluding carboxylic acids is 2. The van der Waals surface area contributed by atoms with Crippen LogP contribution in [0.5, 0.6) is 0 Å². The molecule has 0 spiro atoms. The largest absolute Gasteiger partial charge is 0.467 e. The lowest BCUT2D eigenvalue weighted by Gasteiger charge is -2.20. The average molecular weight is 265 g/mol. The van der Waals surface area contributed by atoms with E-state index < -0.39 is 18.0 Å². The van der Waals surface area contributed by atoms with E-state index in [0.29, 0.717) is 11.4 Å². The highest BCUT2D eigenvalue weighted by Gasteiger charge is 2.24. The van der Waals surface area contributed by atoms with E-state index in [1.807, 2.05) is 13.8 Å². The van der Waals surface area contributed by atoms with Crippen molar-refractivity contribution in [3.8, 4) is 0 Å². The molecule has 0 aliphatic heterocycles. The van der Waals surface area contributed by atoms with Crippen LogP contribution in [0.25, 0.3) is 0 Å². The van der Waals surface area contributed by atoms with Gasteiger partial charge in [0.15, 0.2) is 0 Å². The minimum Gasteiger partial charge on any atom is -0.467 e. The molecule has 2 amide bonds. The van der Waals surface area contributed by atoms with Gasteiger partial charge in [0.1, 0.15) is 6.04 Å². The Morgan fingerprint density at radius 3 is 2.53 bits per heavy atom. The van der Waals surface area contributed by atoms with Crippen molar-refractivity contribution >= 4 is 23.4 Å². The quantitative estimate of drug-likeness (QED) is 0.569. The number of hydrogen-bond donors (Lipinski definition) is 3. The highest BCUT2D eigenvalue weighted by Crippen LogP contribution is 2.12. The third-order valence-corrected chi connectivity index (χ3v) is 2.55. The van der Waals surface area contributed by atoms with Crippen LogP contribution in [0, 0.1) is 5.92 Å². The van der Waals surface area contributed by atoms with Crippen molar-refractivity contribution in [2.75, 3.05) is 18.2 Å². The lowest BCUT2D eigenvalue weighted by atomic mass is 10.1. The maximum Gasteiger partial charge on any atom is 0.328 e. The van der Waals surface area contributed by atoms with E-state index in [4.69, 9.17) is 5.73 Å². The van der Waals surface area contributed by atoms with Gasteiger partial charge in [-0.05, 0) is 24.1 Å². The van der Waals surface area contributed by atoms with Gasteiger partial charge in [0, 0.05) is 11.4 Å². The van der Waals surface area contributed by atoms with Crippen molar-refractivity contribution in [1.82, 2.24) is 5.32 Å². The number of amides is 2. The van der Waals surface area contributed by atoms with Crippen molar-refractivity contribution in [3.63, 3.8) is 0 Å². The fraction of sp³-hybridized carbons (Fsp3) is 0.385. The number of carbonyl (C=O) groups is 2. The summed E-state index contributed by atoms with van der Waals surface area (Å²) in [6, 6.07) is 5.61. The van der Waals surface area contributed by atoms with Crippen molar-refractivity contribution in [2.24, 2.45) is 5.92 Å². The first kappa shape index (κ1) is 14.8. The predicted molar refractivity (Wildman–Crippen MR) is 73.7 cm³/mol. The Bertz CT molecular complexity index is 460. The van der Waals surface area contributed by atoms with Crippen LogP contribution in [0.3, 0.4) is 0 Å². The fourth-order valence-electron chi connectivity index (χ4n) is 1.55. The van der Waals surface area contributed by atoms with Crippen molar-refractivity contribution in [3.05, 3.63) is 24.3 Å². The van der Waals surface area contributed by atoms with Crippen molar-refractivity contribution < 1.29 is 14.3 Å². The van der Waals surface area contributed by atoms with Gasteiger partial charge in [-0.25, -0.2) is 9.59 Å². The third-order valence-electron chi connectivity index (χ3n) is 2.55. The minimum atomic E-state index is -0.689. The Morgan fingerprint density at radius 1 is 1.32 bits per heavy atom. The molecule has 0 heterocycles. The number of ether oxygens (including phenoxy) is 1. The van der Waals surface area contributed by atoms with Crippen LogP contribution in [0.4, 0.5) is 16.2 Å². The third kappa shape index (κ3) is 4.50. The van der Waals surface area contributed by atoms with Crippen LogP contribution < -0.4 is 16.4 Å². The molecule has 4 N–H and O–H groups in total. The number of anilines is 2. The molecule has 0 aliphatic carbocycles. The summed E-state index contributed by atoms with van der Waals surface area (Å²) in [7, 11) is 1.29. The van der Waals surface area contributed by atoms with E-state index in [2.05, 4.69) is 15.4 Å². The molecule has 19 heavy (non-hydrogen) atoms. The van der Waals surface area contributed by atoms with Gasteiger partial charge in [0.25, 0.3) is 0 Å². The zero-order valence-electron chi connectivity index (χ0n) is 11.3.